The summed E-state index contributed by atoms with van der Waals surface area (Å²) >= 11 is 0. The lowest BCUT2D eigenvalue weighted by Crippen LogP contribution is -2.47. The smallest absolute Gasteiger partial charge is 0.253 e. The Hall–Kier alpha value is -5.24. The normalized spacial score (nSPS) is 12.9. The number of hydrogen-bond donors (Lipinski definition) is 2. The number of benzene rings is 5. The summed E-state index contributed by atoms with van der Waals surface area (Å²) in [6.45, 7) is 1.65. The number of carbonyl (C=O) groups excluding carboxylic acids is 1. The average molecular weight is 613 g/mol. The molecule has 0 radical (unpaired) electrons. The van der Waals surface area contributed by atoms with Crippen LogP contribution in [0.2, 0.25) is 0 Å². The zero-order valence-electron chi connectivity index (χ0n) is 26.0. The molecule has 0 saturated heterocycles. The molecule has 0 fully saturated rings. The van der Waals surface area contributed by atoms with Crippen molar-refractivity contribution < 1.29 is 24.1 Å². The lowest BCUT2D eigenvalue weighted by Gasteiger charge is -2.37. The first-order valence-electron chi connectivity index (χ1n) is 15.2. The Morgan fingerprint density at radius 1 is 0.696 bits per heavy atom. The molecular formula is C39H36N2O5. The second-order valence-electron chi connectivity index (χ2n) is 11.2. The third-order valence-corrected chi connectivity index (χ3v) is 8.37. The topological polar surface area (TPSA) is 89.9 Å². The molecule has 6 rings (SSSR count). The minimum absolute atomic E-state index is 0.00267. The Morgan fingerprint density at radius 3 is 1.63 bits per heavy atom. The van der Waals surface area contributed by atoms with Gasteiger partial charge < -0.3 is 24.6 Å². The predicted molar refractivity (Wildman–Crippen MR) is 180 cm³/mol. The lowest BCUT2D eigenvalue weighted by molar-refractivity contribution is -0.0197. The first kappa shape index (κ1) is 30.8. The number of nitrogens with zero attached hydrogens (tertiary/aromatic N) is 1. The van der Waals surface area contributed by atoms with Gasteiger partial charge in [0.05, 0.1) is 49.6 Å². The number of aromatic nitrogens is 1. The zero-order chi connectivity index (χ0) is 32.1. The Kier molecular flexibility index (Phi) is 8.97. The number of aliphatic hydroxyl groups is 1. The summed E-state index contributed by atoms with van der Waals surface area (Å²) < 4.78 is 17.9. The molecule has 7 nitrogen and oxygen atoms in total. The van der Waals surface area contributed by atoms with Crippen LogP contribution in [-0.2, 0) is 10.3 Å². The van der Waals surface area contributed by atoms with E-state index < -0.39 is 17.7 Å². The quantitative estimate of drug-likeness (QED) is 0.122. The van der Waals surface area contributed by atoms with E-state index in [1.807, 2.05) is 127 Å². The van der Waals surface area contributed by atoms with Crippen LogP contribution in [0.15, 0.2) is 127 Å². The van der Waals surface area contributed by atoms with Crippen molar-refractivity contribution in [1.82, 2.24) is 10.3 Å². The number of pyridine rings is 1. The van der Waals surface area contributed by atoms with Gasteiger partial charge in [-0.3, -0.25) is 4.79 Å². The third kappa shape index (κ3) is 5.90. The molecule has 2 atom stereocenters. The SMILES string of the molecule is COc1ccc(C(OCC(NC(=O)c2c3ccccc3nc3ccccc23)C(C)O)(c2ccccc2)c2ccc(OC)cc2)cc1. The molecule has 2 unspecified atom stereocenters. The summed E-state index contributed by atoms with van der Waals surface area (Å²) in [6, 6.07) is 39.8. The van der Waals surface area contributed by atoms with Gasteiger partial charge in [0.15, 0.2) is 0 Å². The van der Waals surface area contributed by atoms with Crippen molar-refractivity contribution in [2.45, 2.75) is 24.7 Å². The summed E-state index contributed by atoms with van der Waals surface area (Å²) in [5, 5.41) is 15.6. The molecule has 5 aromatic carbocycles. The molecule has 7 heteroatoms. The Morgan fingerprint density at radius 2 is 1.15 bits per heavy atom. The van der Waals surface area contributed by atoms with E-state index in [2.05, 4.69) is 5.32 Å². The predicted octanol–water partition coefficient (Wildman–Crippen LogP) is 6.89. The first-order valence-corrected chi connectivity index (χ1v) is 15.2. The Bertz CT molecular complexity index is 1840. The maximum Gasteiger partial charge on any atom is 0.253 e. The van der Waals surface area contributed by atoms with Gasteiger partial charge in [0.25, 0.3) is 5.91 Å². The third-order valence-electron chi connectivity index (χ3n) is 8.37. The van der Waals surface area contributed by atoms with E-state index in [4.69, 9.17) is 19.2 Å². The van der Waals surface area contributed by atoms with E-state index in [0.717, 1.165) is 38.5 Å². The molecule has 46 heavy (non-hydrogen) atoms. The number of para-hydroxylation sites is 2. The van der Waals surface area contributed by atoms with Crippen LogP contribution in [0.5, 0.6) is 11.5 Å². The van der Waals surface area contributed by atoms with Gasteiger partial charge in [-0.05, 0) is 60.0 Å². The number of rotatable bonds is 11. The molecule has 0 aliphatic carbocycles. The van der Waals surface area contributed by atoms with Crippen molar-refractivity contribution in [1.29, 1.82) is 0 Å². The first-order chi connectivity index (χ1) is 22.4. The van der Waals surface area contributed by atoms with Gasteiger partial charge in [0.2, 0.25) is 0 Å². The van der Waals surface area contributed by atoms with Gasteiger partial charge in [0, 0.05) is 10.8 Å². The van der Waals surface area contributed by atoms with Crippen LogP contribution in [0.25, 0.3) is 21.8 Å². The van der Waals surface area contributed by atoms with Crippen molar-refractivity contribution >= 4 is 27.7 Å². The molecule has 1 aromatic heterocycles. The van der Waals surface area contributed by atoms with Gasteiger partial charge >= 0.3 is 0 Å². The van der Waals surface area contributed by atoms with E-state index >= 15 is 0 Å². The highest BCUT2D eigenvalue weighted by atomic mass is 16.5. The summed E-state index contributed by atoms with van der Waals surface area (Å²) in [4.78, 5) is 18.9. The fourth-order valence-electron chi connectivity index (χ4n) is 5.92. The molecule has 6 aromatic rings. The number of methoxy groups -OCH3 is 2. The second kappa shape index (κ2) is 13.4. The van der Waals surface area contributed by atoms with Crippen LogP contribution in [0.3, 0.4) is 0 Å². The number of nitrogens with one attached hydrogen (secondary N) is 1. The summed E-state index contributed by atoms with van der Waals surface area (Å²) in [6.07, 6.45) is -0.927. The molecule has 0 bridgehead atoms. The molecule has 0 aliphatic rings. The van der Waals surface area contributed by atoms with E-state index in [1.54, 1.807) is 21.1 Å². The van der Waals surface area contributed by atoms with Crippen molar-refractivity contribution in [3.63, 3.8) is 0 Å². The standard InChI is InChI=1S/C39H36N2O5/c1-26(42)36(41-38(43)37-32-13-7-9-15-34(32)40-35-16-10-8-14-33(35)37)25-46-39(27-11-5-4-6-12-27,28-17-21-30(44-2)22-18-28)29-19-23-31(45-3)24-20-29/h4-24,26,36,42H,25H2,1-3H3,(H,41,43). The minimum atomic E-state index is -1.10. The van der Waals surface area contributed by atoms with E-state index in [0.29, 0.717) is 17.1 Å². The van der Waals surface area contributed by atoms with Gasteiger partial charge in [-0.15, -0.1) is 0 Å². The second-order valence-corrected chi connectivity index (χ2v) is 11.2. The summed E-state index contributed by atoms with van der Waals surface area (Å²) in [5.41, 5.74) is 3.43. The zero-order valence-corrected chi connectivity index (χ0v) is 26.0. The maximum atomic E-state index is 14.1. The summed E-state index contributed by atoms with van der Waals surface area (Å²) in [7, 11) is 3.26. The number of carbonyl (C=O) groups is 1. The fourth-order valence-corrected chi connectivity index (χ4v) is 5.92. The van der Waals surface area contributed by atoms with Crippen LogP contribution in [0, 0.1) is 0 Å². The lowest BCUT2D eigenvalue weighted by atomic mass is 9.80. The Balaban J connectivity index is 1.42. The van der Waals surface area contributed by atoms with E-state index in [-0.39, 0.29) is 12.5 Å². The fraction of sp³-hybridized carbons (Fsp3) is 0.179. The average Bonchev–Trinajstić information content (AvgIpc) is 3.11. The molecular weight excluding hydrogens is 576 g/mol. The summed E-state index contributed by atoms with van der Waals surface area (Å²) in [5.74, 6) is 1.11. The van der Waals surface area contributed by atoms with Gasteiger partial charge in [0.1, 0.15) is 17.1 Å². The minimum Gasteiger partial charge on any atom is -0.497 e. The van der Waals surface area contributed by atoms with Crippen LogP contribution < -0.4 is 14.8 Å². The van der Waals surface area contributed by atoms with Gasteiger partial charge in [-0.1, -0.05) is 91.0 Å². The number of fused-ring (bicyclic) bond motifs is 2. The Labute approximate surface area is 268 Å². The largest absolute Gasteiger partial charge is 0.497 e. The number of aliphatic hydroxyl groups excluding tert-OH is 1. The van der Waals surface area contributed by atoms with Crippen molar-refractivity contribution in [3.8, 4) is 11.5 Å². The van der Waals surface area contributed by atoms with Crippen LogP contribution in [0.1, 0.15) is 34.0 Å². The molecule has 1 heterocycles. The monoisotopic (exact) mass is 612 g/mol. The molecule has 0 spiro atoms. The van der Waals surface area contributed by atoms with Gasteiger partial charge in [-0.25, -0.2) is 4.98 Å². The van der Waals surface area contributed by atoms with E-state index in [1.165, 1.54) is 0 Å². The van der Waals surface area contributed by atoms with Crippen molar-refractivity contribution in [2.75, 3.05) is 20.8 Å². The molecule has 1 amide bonds. The highest BCUT2D eigenvalue weighted by Gasteiger charge is 2.39. The van der Waals surface area contributed by atoms with Crippen molar-refractivity contribution in [3.05, 3.63) is 150 Å². The van der Waals surface area contributed by atoms with E-state index in [9.17, 15) is 9.90 Å². The number of ether oxygens (including phenoxy) is 3. The maximum absolute atomic E-state index is 14.1. The molecule has 0 aliphatic heterocycles. The van der Waals surface area contributed by atoms with Crippen LogP contribution >= 0.6 is 0 Å². The highest BCUT2D eigenvalue weighted by Crippen LogP contribution is 2.42. The van der Waals surface area contributed by atoms with Crippen LogP contribution in [-0.4, -0.2) is 49.0 Å². The highest BCUT2D eigenvalue weighted by molar-refractivity contribution is 6.16. The van der Waals surface area contributed by atoms with Crippen molar-refractivity contribution in [2.24, 2.45) is 0 Å². The molecule has 232 valence electrons. The number of hydrogen-bond acceptors (Lipinski definition) is 6. The van der Waals surface area contributed by atoms with Gasteiger partial charge in [-0.2, -0.15) is 0 Å². The van der Waals surface area contributed by atoms with Crippen LogP contribution in [0.4, 0.5) is 0 Å². The number of amides is 1. The molecule has 2 N–H and O–H groups in total. The molecule has 0 saturated carbocycles.